The average Bonchev–Trinajstić information content (AvgIpc) is 2.57. The van der Waals surface area contributed by atoms with Crippen LogP contribution in [0.3, 0.4) is 0 Å². The lowest BCUT2D eigenvalue weighted by Crippen LogP contribution is -2.62. The first kappa shape index (κ1) is 18.9. The van der Waals surface area contributed by atoms with Crippen LogP contribution < -0.4 is 0 Å². The zero-order chi connectivity index (χ0) is 18.7. The highest BCUT2D eigenvalue weighted by Gasteiger charge is 2.64. The van der Waals surface area contributed by atoms with E-state index < -0.39 is 10.8 Å². The maximum Gasteiger partial charge on any atom is 0.311 e. The molecular formula is C21H34O4. The molecule has 142 valence electrons. The molecule has 25 heavy (non-hydrogen) atoms. The zero-order valence-electron chi connectivity index (χ0n) is 16.4. The van der Waals surface area contributed by atoms with Crippen molar-refractivity contribution in [2.24, 2.45) is 33.5 Å². The Morgan fingerprint density at radius 1 is 1.04 bits per heavy atom. The summed E-state index contributed by atoms with van der Waals surface area (Å²) in [6.45, 7) is 8.68. The van der Waals surface area contributed by atoms with Crippen molar-refractivity contribution < 1.29 is 19.4 Å². The van der Waals surface area contributed by atoms with E-state index in [0.717, 1.165) is 44.8 Å². The molecule has 4 heteroatoms. The van der Waals surface area contributed by atoms with Crippen molar-refractivity contribution in [3.05, 3.63) is 0 Å². The number of hydrogen-bond acceptors (Lipinski definition) is 4. The van der Waals surface area contributed by atoms with Gasteiger partial charge in [-0.15, -0.1) is 0 Å². The van der Waals surface area contributed by atoms with Crippen LogP contribution in [0, 0.1) is 33.5 Å². The van der Waals surface area contributed by atoms with Crippen LogP contribution in [0.15, 0.2) is 0 Å². The third-order valence-electron chi connectivity index (χ3n) is 8.51. The van der Waals surface area contributed by atoms with Crippen molar-refractivity contribution in [2.45, 2.75) is 78.7 Å². The molecule has 0 spiro atoms. The normalized spacial score (nSPS) is 48.8. The summed E-state index contributed by atoms with van der Waals surface area (Å²) in [5.74, 6) is 0.531. The second kappa shape index (κ2) is 5.80. The van der Waals surface area contributed by atoms with Crippen LogP contribution in [0.4, 0.5) is 0 Å². The van der Waals surface area contributed by atoms with Gasteiger partial charge in [0.15, 0.2) is 0 Å². The molecule has 3 fully saturated rings. The number of carbonyl (C=O) groups excluding carboxylic acids is 2. The van der Waals surface area contributed by atoms with Crippen LogP contribution in [-0.4, -0.2) is 30.6 Å². The number of methoxy groups -OCH3 is 1. The number of aliphatic hydroxyl groups excluding tert-OH is 1. The number of fused-ring (bicyclic) bond motifs is 3. The fourth-order valence-corrected chi connectivity index (χ4v) is 7.15. The van der Waals surface area contributed by atoms with E-state index in [2.05, 4.69) is 20.8 Å². The minimum atomic E-state index is -0.556. The predicted molar refractivity (Wildman–Crippen MR) is 95.8 cm³/mol. The van der Waals surface area contributed by atoms with Gasteiger partial charge in [0.05, 0.1) is 18.6 Å². The molecule has 0 aromatic carbocycles. The van der Waals surface area contributed by atoms with Crippen molar-refractivity contribution in [3.8, 4) is 0 Å². The first-order valence-corrected chi connectivity index (χ1v) is 9.78. The molecule has 3 saturated carbocycles. The molecule has 0 aromatic heterocycles. The summed E-state index contributed by atoms with van der Waals surface area (Å²) in [6, 6.07) is 0. The molecule has 0 bridgehead atoms. The van der Waals surface area contributed by atoms with Crippen LogP contribution in [0.2, 0.25) is 0 Å². The van der Waals surface area contributed by atoms with Gasteiger partial charge < -0.3 is 14.6 Å². The summed E-state index contributed by atoms with van der Waals surface area (Å²) in [7, 11) is 1.44. The van der Waals surface area contributed by atoms with Gasteiger partial charge in [-0.05, 0) is 74.5 Å². The van der Waals surface area contributed by atoms with E-state index in [-0.39, 0.29) is 22.9 Å². The number of aldehydes is 1. The van der Waals surface area contributed by atoms with Crippen molar-refractivity contribution in [1.29, 1.82) is 0 Å². The summed E-state index contributed by atoms with van der Waals surface area (Å²) >= 11 is 0. The Morgan fingerprint density at radius 3 is 2.28 bits per heavy atom. The van der Waals surface area contributed by atoms with Crippen LogP contribution in [0.5, 0.6) is 0 Å². The molecule has 3 aliphatic carbocycles. The fraction of sp³-hybridized carbons (Fsp3) is 0.905. The van der Waals surface area contributed by atoms with E-state index in [0.29, 0.717) is 18.3 Å². The molecule has 0 radical (unpaired) electrons. The molecule has 0 aromatic rings. The van der Waals surface area contributed by atoms with Crippen LogP contribution in [0.25, 0.3) is 0 Å². The lowest BCUT2D eigenvalue weighted by atomic mass is 9.39. The number of carbonyl (C=O) groups is 2. The Bertz CT molecular complexity index is 570. The van der Waals surface area contributed by atoms with Crippen molar-refractivity contribution in [1.82, 2.24) is 0 Å². The molecular weight excluding hydrogens is 316 g/mol. The van der Waals surface area contributed by atoms with Crippen LogP contribution >= 0.6 is 0 Å². The molecule has 6 atom stereocenters. The summed E-state index contributed by atoms with van der Waals surface area (Å²) in [4.78, 5) is 24.7. The van der Waals surface area contributed by atoms with E-state index in [1.165, 1.54) is 7.11 Å². The quantitative estimate of drug-likeness (QED) is 0.608. The molecule has 0 amide bonds. The minimum absolute atomic E-state index is 0.0549. The molecule has 0 unspecified atom stereocenters. The van der Waals surface area contributed by atoms with Gasteiger partial charge in [0.25, 0.3) is 0 Å². The van der Waals surface area contributed by atoms with Gasteiger partial charge in [0, 0.05) is 5.41 Å². The summed E-state index contributed by atoms with van der Waals surface area (Å²) < 4.78 is 5.05. The molecule has 3 rings (SSSR count). The number of aliphatic hydroxyl groups is 1. The number of ether oxygens (including phenoxy) is 1. The topological polar surface area (TPSA) is 63.6 Å². The van der Waals surface area contributed by atoms with Crippen molar-refractivity contribution in [2.75, 3.05) is 7.11 Å². The van der Waals surface area contributed by atoms with E-state index in [1.807, 2.05) is 6.92 Å². The highest BCUT2D eigenvalue weighted by atomic mass is 16.5. The Morgan fingerprint density at radius 2 is 1.68 bits per heavy atom. The number of rotatable bonds is 2. The molecule has 1 N–H and O–H groups in total. The molecule has 0 heterocycles. The van der Waals surface area contributed by atoms with Crippen LogP contribution in [-0.2, 0) is 14.3 Å². The summed E-state index contributed by atoms with van der Waals surface area (Å²) in [5.41, 5.74) is -1.05. The first-order chi connectivity index (χ1) is 11.6. The smallest absolute Gasteiger partial charge is 0.311 e. The van der Waals surface area contributed by atoms with Gasteiger partial charge in [-0.2, -0.15) is 0 Å². The Labute approximate surface area is 151 Å². The maximum absolute atomic E-state index is 12.4. The van der Waals surface area contributed by atoms with Crippen molar-refractivity contribution in [3.63, 3.8) is 0 Å². The Kier molecular flexibility index (Phi) is 4.38. The van der Waals surface area contributed by atoms with E-state index in [1.54, 1.807) is 0 Å². The van der Waals surface area contributed by atoms with E-state index in [9.17, 15) is 14.7 Å². The Balaban J connectivity index is 1.98. The number of hydrogen-bond donors (Lipinski definition) is 1. The number of esters is 1. The average molecular weight is 350 g/mol. The highest BCUT2D eigenvalue weighted by Crippen LogP contribution is 2.68. The lowest BCUT2D eigenvalue weighted by molar-refractivity contribution is -0.197. The van der Waals surface area contributed by atoms with Gasteiger partial charge in [-0.25, -0.2) is 0 Å². The third-order valence-corrected chi connectivity index (χ3v) is 8.51. The zero-order valence-corrected chi connectivity index (χ0v) is 16.4. The van der Waals surface area contributed by atoms with Gasteiger partial charge in [0.1, 0.15) is 6.29 Å². The van der Waals surface area contributed by atoms with Gasteiger partial charge in [-0.1, -0.05) is 20.8 Å². The molecule has 4 nitrogen and oxygen atoms in total. The van der Waals surface area contributed by atoms with E-state index in [4.69, 9.17) is 4.74 Å². The second-order valence-electron chi connectivity index (χ2n) is 10.1. The minimum Gasteiger partial charge on any atom is -0.469 e. The highest BCUT2D eigenvalue weighted by molar-refractivity contribution is 5.78. The SMILES string of the molecule is COC(=O)[C@@]1(C)CC[C@@H]2[C@](C=O)(CC[C@@H]3C(C)(C)[C@H](O)CC[C@]32C)C1. The van der Waals surface area contributed by atoms with E-state index >= 15 is 0 Å². The molecule has 0 saturated heterocycles. The molecule has 0 aliphatic heterocycles. The first-order valence-electron chi connectivity index (χ1n) is 9.78. The molecule has 3 aliphatic rings. The fourth-order valence-electron chi connectivity index (χ4n) is 7.15. The van der Waals surface area contributed by atoms with Gasteiger partial charge >= 0.3 is 5.97 Å². The Hall–Kier alpha value is -0.900. The third kappa shape index (κ3) is 2.50. The standard InChI is InChI=1S/C21H34O4/c1-18(2)14-7-11-21(13-22)12-19(3,17(24)25-5)9-6-15(21)20(14,4)10-8-16(18)23/h13-16,23H,6-12H2,1-5H3/t14-,15+,16-,19+,20-,21-/m1/s1. The van der Waals surface area contributed by atoms with Crippen LogP contribution in [0.1, 0.15) is 72.6 Å². The predicted octanol–water partition coefficient (Wildman–Crippen LogP) is 3.75. The monoisotopic (exact) mass is 350 g/mol. The lowest BCUT2D eigenvalue weighted by Gasteiger charge is -2.65. The van der Waals surface area contributed by atoms with Gasteiger partial charge in [-0.3, -0.25) is 4.79 Å². The summed E-state index contributed by atoms with van der Waals surface area (Å²) in [5, 5.41) is 10.6. The summed E-state index contributed by atoms with van der Waals surface area (Å²) in [6.07, 6.45) is 6.73. The largest absolute Gasteiger partial charge is 0.469 e. The second-order valence-corrected chi connectivity index (χ2v) is 10.1. The maximum atomic E-state index is 12.4. The van der Waals surface area contributed by atoms with Gasteiger partial charge in [0.2, 0.25) is 0 Å². The van der Waals surface area contributed by atoms with Crippen molar-refractivity contribution >= 4 is 12.3 Å².